The number of nitrogens with one attached hydrogen (secondary N) is 2. The number of methoxy groups -OCH3 is 1. The first-order chi connectivity index (χ1) is 9.04. The molecule has 0 aliphatic rings. The molecule has 1 amide bonds. The summed E-state index contributed by atoms with van der Waals surface area (Å²) in [6, 6.07) is 8.39. The molecule has 0 heterocycles. The van der Waals surface area contributed by atoms with E-state index in [0.717, 1.165) is 0 Å². The van der Waals surface area contributed by atoms with Crippen LogP contribution in [-0.2, 0) is 9.53 Å². The van der Waals surface area contributed by atoms with Crippen LogP contribution in [0.2, 0.25) is 0 Å². The lowest BCUT2D eigenvalue weighted by atomic mass is 10.0. The number of hydrogen-bond acceptors (Lipinski definition) is 3. The Bertz CT molecular complexity index is 407. The molecule has 0 saturated heterocycles. The number of carbonyl (C=O) groups excluding carboxylic acids is 1. The van der Waals surface area contributed by atoms with E-state index in [4.69, 9.17) is 4.74 Å². The van der Waals surface area contributed by atoms with Crippen molar-refractivity contribution in [3.8, 4) is 0 Å². The second-order valence-electron chi connectivity index (χ2n) is 4.88. The summed E-state index contributed by atoms with van der Waals surface area (Å²) >= 11 is 0. The number of rotatable bonds is 7. The second-order valence-corrected chi connectivity index (χ2v) is 4.88. The van der Waals surface area contributed by atoms with E-state index in [2.05, 4.69) is 36.6 Å². The first-order valence-electron chi connectivity index (χ1n) is 6.61. The Kier molecular flexibility index (Phi) is 6.53. The summed E-state index contributed by atoms with van der Waals surface area (Å²) in [5, 5.41) is 6.11. The van der Waals surface area contributed by atoms with Crippen molar-refractivity contribution in [3.63, 3.8) is 0 Å². The maximum Gasteiger partial charge on any atom is 0.234 e. The minimum absolute atomic E-state index is 0.00927. The maximum atomic E-state index is 11.7. The van der Waals surface area contributed by atoms with E-state index in [0.29, 0.717) is 13.2 Å². The van der Waals surface area contributed by atoms with Crippen molar-refractivity contribution < 1.29 is 9.53 Å². The Balaban J connectivity index is 2.40. The molecule has 0 aromatic heterocycles. The number of benzene rings is 1. The molecule has 2 N–H and O–H groups in total. The molecule has 1 aromatic carbocycles. The van der Waals surface area contributed by atoms with Gasteiger partial charge in [0, 0.05) is 19.2 Å². The number of aryl methyl sites for hydroxylation is 1. The smallest absolute Gasteiger partial charge is 0.234 e. The van der Waals surface area contributed by atoms with E-state index in [9.17, 15) is 4.79 Å². The number of carbonyl (C=O) groups is 1. The van der Waals surface area contributed by atoms with Crippen LogP contribution in [0.3, 0.4) is 0 Å². The zero-order valence-electron chi connectivity index (χ0n) is 12.2. The van der Waals surface area contributed by atoms with Gasteiger partial charge in [-0.15, -0.1) is 0 Å². The molecule has 0 fully saturated rings. The van der Waals surface area contributed by atoms with Gasteiger partial charge >= 0.3 is 0 Å². The zero-order valence-corrected chi connectivity index (χ0v) is 12.2. The lowest BCUT2D eigenvalue weighted by molar-refractivity contribution is -0.121. The molecule has 1 aromatic rings. The van der Waals surface area contributed by atoms with Crippen LogP contribution in [0, 0.1) is 6.92 Å². The summed E-state index contributed by atoms with van der Waals surface area (Å²) in [4.78, 5) is 11.7. The number of amides is 1. The van der Waals surface area contributed by atoms with E-state index < -0.39 is 0 Å². The summed E-state index contributed by atoms with van der Waals surface area (Å²) in [5.74, 6) is -0.00927. The van der Waals surface area contributed by atoms with E-state index in [1.807, 2.05) is 19.1 Å². The molecule has 4 nitrogen and oxygen atoms in total. The summed E-state index contributed by atoms with van der Waals surface area (Å²) in [5.41, 5.74) is 2.45. The van der Waals surface area contributed by atoms with Gasteiger partial charge in [0.25, 0.3) is 0 Å². The van der Waals surface area contributed by atoms with Gasteiger partial charge in [-0.3, -0.25) is 4.79 Å². The van der Waals surface area contributed by atoms with Gasteiger partial charge in [-0.2, -0.15) is 0 Å². The van der Waals surface area contributed by atoms with Crippen LogP contribution in [0.5, 0.6) is 0 Å². The van der Waals surface area contributed by atoms with Gasteiger partial charge in [0.05, 0.1) is 13.2 Å². The quantitative estimate of drug-likeness (QED) is 0.789. The van der Waals surface area contributed by atoms with Crippen molar-refractivity contribution in [1.29, 1.82) is 0 Å². The molecule has 0 bridgehead atoms. The second kappa shape index (κ2) is 7.92. The number of ether oxygens (including phenoxy) is 1. The molecule has 0 saturated carbocycles. The molecule has 19 heavy (non-hydrogen) atoms. The van der Waals surface area contributed by atoms with Crippen LogP contribution in [0.25, 0.3) is 0 Å². The van der Waals surface area contributed by atoms with Crippen LogP contribution >= 0.6 is 0 Å². The Morgan fingerprint density at radius 3 is 2.63 bits per heavy atom. The summed E-state index contributed by atoms with van der Waals surface area (Å²) in [6.07, 6.45) is 0. The molecule has 1 rings (SSSR count). The first-order valence-corrected chi connectivity index (χ1v) is 6.61. The predicted octanol–water partition coefficient (Wildman–Crippen LogP) is 1.80. The molecule has 4 heteroatoms. The third-order valence-corrected chi connectivity index (χ3v) is 3.05. The van der Waals surface area contributed by atoms with E-state index >= 15 is 0 Å². The molecule has 2 unspecified atom stereocenters. The van der Waals surface area contributed by atoms with Crippen molar-refractivity contribution in [1.82, 2.24) is 10.6 Å². The van der Waals surface area contributed by atoms with E-state index in [1.165, 1.54) is 11.1 Å². The Hall–Kier alpha value is -1.39. The van der Waals surface area contributed by atoms with E-state index in [-0.39, 0.29) is 18.0 Å². The van der Waals surface area contributed by atoms with Crippen molar-refractivity contribution in [2.24, 2.45) is 0 Å². The van der Waals surface area contributed by atoms with E-state index in [1.54, 1.807) is 7.11 Å². The Morgan fingerprint density at radius 1 is 1.32 bits per heavy atom. The standard InChI is InChI=1S/C15H24N2O2/c1-11-7-5-6-8-14(11)13(3)16-9-15(18)17-12(2)10-19-4/h5-8,12-13,16H,9-10H2,1-4H3,(H,17,18). The lowest BCUT2D eigenvalue weighted by Gasteiger charge is -2.18. The monoisotopic (exact) mass is 264 g/mol. The van der Waals surface area contributed by atoms with Gasteiger partial charge < -0.3 is 15.4 Å². The molecule has 0 radical (unpaired) electrons. The van der Waals surface area contributed by atoms with Gasteiger partial charge in [-0.1, -0.05) is 24.3 Å². The topological polar surface area (TPSA) is 50.4 Å². The van der Waals surface area contributed by atoms with Gasteiger partial charge in [0.1, 0.15) is 0 Å². The Labute approximate surface area is 115 Å². The van der Waals surface area contributed by atoms with Crippen molar-refractivity contribution in [3.05, 3.63) is 35.4 Å². The molecule has 0 aliphatic carbocycles. The highest BCUT2D eigenvalue weighted by molar-refractivity contribution is 5.78. The average Bonchev–Trinajstić information content (AvgIpc) is 2.36. The van der Waals surface area contributed by atoms with Crippen LogP contribution in [0.15, 0.2) is 24.3 Å². The van der Waals surface area contributed by atoms with Gasteiger partial charge in [-0.05, 0) is 31.9 Å². The highest BCUT2D eigenvalue weighted by atomic mass is 16.5. The van der Waals surface area contributed by atoms with Gasteiger partial charge in [0.15, 0.2) is 0 Å². The van der Waals surface area contributed by atoms with Crippen molar-refractivity contribution >= 4 is 5.91 Å². The maximum absolute atomic E-state index is 11.7. The minimum Gasteiger partial charge on any atom is -0.383 e. The van der Waals surface area contributed by atoms with Gasteiger partial charge in [-0.25, -0.2) is 0 Å². The molecule has 2 atom stereocenters. The van der Waals surface area contributed by atoms with Crippen LogP contribution in [-0.4, -0.2) is 32.2 Å². The molecule has 0 spiro atoms. The number of hydrogen-bond donors (Lipinski definition) is 2. The SMILES string of the molecule is COCC(C)NC(=O)CNC(C)c1ccccc1C. The average molecular weight is 264 g/mol. The normalized spacial score (nSPS) is 13.9. The minimum atomic E-state index is -0.00927. The van der Waals surface area contributed by atoms with Crippen LogP contribution < -0.4 is 10.6 Å². The Morgan fingerprint density at radius 2 is 2.00 bits per heavy atom. The molecule has 106 valence electrons. The fraction of sp³-hybridized carbons (Fsp3) is 0.533. The van der Waals surface area contributed by atoms with Crippen molar-refractivity contribution in [2.45, 2.75) is 32.9 Å². The fourth-order valence-electron chi connectivity index (χ4n) is 2.05. The summed E-state index contributed by atoms with van der Waals surface area (Å²) in [6.45, 7) is 6.90. The molecule has 0 aliphatic heterocycles. The molecular weight excluding hydrogens is 240 g/mol. The third kappa shape index (κ3) is 5.41. The highest BCUT2D eigenvalue weighted by Crippen LogP contribution is 2.15. The van der Waals surface area contributed by atoms with Gasteiger partial charge in [0.2, 0.25) is 5.91 Å². The van der Waals surface area contributed by atoms with Crippen molar-refractivity contribution in [2.75, 3.05) is 20.3 Å². The zero-order chi connectivity index (χ0) is 14.3. The molecular formula is C15H24N2O2. The summed E-state index contributed by atoms with van der Waals surface area (Å²) in [7, 11) is 1.63. The fourth-order valence-corrected chi connectivity index (χ4v) is 2.05. The van der Waals surface area contributed by atoms with Crippen LogP contribution in [0.4, 0.5) is 0 Å². The largest absolute Gasteiger partial charge is 0.383 e. The lowest BCUT2D eigenvalue weighted by Crippen LogP contribution is -2.41. The first kappa shape index (κ1) is 15.7. The predicted molar refractivity (Wildman–Crippen MR) is 77.1 cm³/mol. The summed E-state index contributed by atoms with van der Waals surface area (Å²) < 4.78 is 4.98. The third-order valence-electron chi connectivity index (χ3n) is 3.05. The highest BCUT2D eigenvalue weighted by Gasteiger charge is 2.11. The van der Waals surface area contributed by atoms with Crippen LogP contribution in [0.1, 0.15) is 31.0 Å².